The summed E-state index contributed by atoms with van der Waals surface area (Å²) in [6.07, 6.45) is -10.7. The lowest BCUT2D eigenvalue weighted by Crippen LogP contribution is -2.65. The third-order valence-corrected chi connectivity index (χ3v) is 6.49. The summed E-state index contributed by atoms with van der Waals surface area (Å²) in [5.41, 5.74) is 0. The molecule has 0 aromatic carbocycles. The predicted octanol–water partition coefficient (Wildman–Crippen LogP) is 1.53. The van der Waals surface area contributed by atoms with Crippen LogP contribution in [0.4, 0.5) is 0 Å². The first-order valence-electron chi connectivity index (χ1n) is 13.8. The van der Waals surface area contributed by atoms with Crippen molar-refractivity contribution < 1.29 is 62.5 Å². The number of aliphatic hydroxyl groups is 2. The van der Waals surface area contributed by atoms with E-state index in [0.29, 0.717) is 6.42 Å². The number of unbranched alkanes of at least 4 members (excludes halogenated alkanes) is 2. The average molecular weight is 577 g/mol. The minimum Gasteiger partial charge on any atom is -0.457 e. The Morgan fingerprint density at radius 2 is 1.30 bits per heavy atom. The van der Waals surface area contributed by atoms with Crippen molar-refractivity contribution in [3.8, 4) is 0 Å². The summed E-state index contributed by atoms with van der Waals surface area (Å²) in [4.78, 5) is 49.2. The lowest BCUT2D eigenvalue weighted by atomic mass is 9.96. The molecule has 13 nitrogen and oxygen atoms in total. The number of carbonyl (C=O) groups excluding carboxylic acids is 4. The lowest BCUT2D eigenvalue weighted by Gasteiger charge is -2.47. The maximum absolute atomic E-state index is 12.7. The van der Waals surface area contributed by atoms with E-state index < -0.39 is 85.3 Å². The van der Waals surface area contributed by atoms with E-state index in [-0.39, 0.29) is 18.8 Å². The van der Waals surface area contributed by atoms with Crippen molar-refractivity contribution in [2.75, 3.05) is 0 Å². The van der Waals surface area contributed by atoms with E-state index in [1.54, 1.807) is 6.92 Å². The highest BCUT2D eigenvalue weighted by molar-refractivity contribution is 5.71. The molecule has 2 N–H and O–H groups in total. The standard InChI is InChI=1S/C27H44O13/c1-8-9-10-11-18(30)38-21-14(4)34-26(33)20(32)23(21)40-27-25(37-17(7)29)24(39-19(31)12-13(2)3)22(15(5)35-27)36-16(6)28/h13-15,20-27,32-33H,8-12H2,1-7H3/t14-,15-,20+,21-,22-,23-,24+,25+,26+,27-/m0/s1. The molecule has 0 aromatic rings. The van der Waals surface area contributed by atoms with Gasteiger partial charge < -0.3 is 43.4 Å². The summed E-state index contributed by atoms with van der Waals surface area (Å²) in [7, 11) is 0. The van der Waals surface area contributed by atoms with E-state index in [0.717, 1.165) is 19.8 Å². The van der Waals surface area contributed by atoms with E-state index in [1.165, 1.54) is 13.8 Å². The molecule has 2 fully saturated rings. The zero-order chi connectivity index (χ0) is 30.1. The summed E-state index contributed by atoms with van der Waals surface area (Å²) >= 11 is 0. The monoisotopic (exact) mass is 576 g/mol. The Morgan fingerprint density at radius 1 is 0.750 bits per heavy atom. The van der Waals surface area contributed by atoms with Crippen LogP contribution in [0.5, 0.6) is 0 Å². The Morgan fingerprint density at radius 3 is 1.88 bits per heavy atom. The fourth-order valence-corrected chi connectivity index (χ4v) is 4.63. The minimum atomic E-state index is -1.69. The zero-order valence-corrected chi connectivity index (χ0v) is 24.3. The number of aliphatic hydroxyl groups excluding tert-OH is 2. The molecule has 0 radical (unpaired) electrons. The van der Waals surface area contributed by atoms with E-state index in [9.17, 15) is 29.4 Å². The Bertz CT molecular complexity index is 861. The predicted molar refractivity (Wildman–Crippen MR) is 136 cm³/mol. The van der Waals surface area contributed by atoms with Gasteiger partial charge in [-0.15, -0.1) is 0 Å². The fraction of sp³-hybridized carbons (Fsp3) is 0.852. The van der Waals surface area contributed by atoms with Gasteiger partial charge >= 0.3 is 23.9 Å². The molecule has 2 aliphatic rings. The van der Waals surface area contributed by atoms with Gasteiger partial charge in [0, 0.05) is 26.7 Å². The summed E-state index contributed by atoms with van der Waals surface area (Å²) in [6, 6.07) is 0. The largest absolute Gasteiger partial charge is 0.457 e. The SMILES string of the molecule is CCCCCC(=O)O[C@@H]1[C@@H](O[C@@H]2O[C@@H](C)[C@H](OC(C)=O)[C@@H](OC(=O)CC(C)C)[C@H]2OC(C)=O)[C@@H](O)[C@H](O)O[C@H]1C. The van der Waals surface area contributed by atoms with Gasteiger partial charge in [0.15, 0.2) is 37.0 Å². The average Bonchev–Trinajstić information content (AvgIpc) is 2.83. The highest BCUT2D eigenvalue weighted by Gasteiger charge is 2.54. The second-order valence-corrected chi connectivity index (χ2v) is 10.6. The molecule has 0 unspecified atom stereocenters. The normalized spacial score (nSPS) is 34.1. The molecule has 2 aliphatic heterocycles. The highest BCUT2D eigenvalue weighted by Crippen LogP contribution is 2.33. The van der Waals surface area contributed by atoms with Crippen LogP contribution in [-0.4, -0.2) is 95.5 Å². The maximum atomic E-state index is 12.7. The van der Waals surface area contributed by atoms with Crippen molar-refractivity contribution in [2.24, 2.45) is 5.92 Å². The fourth-order valence-electron chi connectivity index (χ4n) is 4.63. The third-order valence-electron chi connectivity index (χ3n) is 6.49. The van der Waals surface area contributed by atoms with E-state index in [1.807, 2.05) is 20.8 Å². The summed E-state index contributed by atoms with van der Waals surface area (Å²) < 4.78 is 39.4. The van der Waals surface area contributed by atoms with Crippen LogP contribution in [0.25, 0.3) is 0 Å². The molecule has 0 saturated carbocycles. The van der Waals surface area contributed by atoms with Crippen molar-refractivity contribution in [1.82, 2.24) is 0 Å². The van der Waals surface area contributed by atoms with Gasteiger partial charge in [0.25, 0.3) is 0 Å². The Balaban J connectivity index is 2.40. The minimum absolute atomic E-state index is 0.0370. The van der Waals surface area contributed by atoms with Crippen LogP contribution in [0.15, 0.2) is 0 Å². The first-order chi connectivity index (χ1) is 18.7. The second kappa shape index (κ2) is 15.6. The van der Waals surface area contributed by atoms with Crippen molar-refractivity contribution >= 4 is 23.9 Å². The second-order valence-electron chi connectivity index (χ2n) is 10.6. The molecule has 0 spiro atoms. The van der Waals surface area contributed by atoms with Crippen LogP contribution >= 0.6 is 0 Å². The van der Waals surface area contributed by atoms with E-state index >= 15 is 0 Å². The quantitative estimate of drug-likeness (QED) is 0.195. The van der Waals surface area contributed by atoms with Gasteiger partial charge in [-0.25, -0.2) is 0 Å². The molecule has 2 rings (SSSR count). The van der Waals surface area contributed by atoms with E-state index in [4.69, 9.17) is 33.2 Å². The lowest BCUT2D eigenvalue weighted by molar-refractivity contribution is -0.351. The number of hydrogen-bond acceptors (Lipinski definition) is 13. The van der Waals surface area contributed by atoms with Crippen molar-refractivity contribution in [1.29, 1.82) is 0 Å². The number of hydrogen-bond donors (Lipinski definition) is 2. The molecule has 0 bridgehead atoms. The zero-order valence-electron chi connectivity index (χ0n) is 24.3. The Kier molecular flexibility index (Phi) is 13.2. The van der Waals surface area contributed by atoms with Crippen molar-refractivity contribution in [3.05, 3.63) is 0 Å². The number of esters is 4. The molecule has 230 valence electrons. The van der Waals surface area contributed by atoms with Crippen LogP contribution in [0.3, 0.4) is 0 Å². The Hall–Kier alpha value is -2.32. The van der Waals surface area contributed by atoms with Crippen molar-refractivity contribution in [2.45, 2.75) is 142 Å². The molecule has 40 heavy (non-hydrogen) atoms. The van der Waals surface area contributed by atoms with Gasteiger partial charge in [0.1, 0.15) is 12.2 Å². The van der Waals surface area contributed by atoms with E-state index in [2.05, 4.69) is 0 Å². The van der Waals surface area contributed by atoms with Crippen LogP contribution in [0, 0.1) is 5.92 Å². The third kappa shape index (κ3) is 9.65. The van der Waals surface area contributed by atoms with Gasteiger partial charge in [-0.3, -0.25) is 19.2 Å². The van der Waals surface area contributed by atoms with Gasteiger partial charge in [-0.05, 0) is 26.2 Å². The molecule has 10 atom stereocenters. The molecule has 0 aliphatic carbocycles. The number of rotatable bonds is 12. The summed E-state index contributed by atoms with van der Waals surface area (Å²) in [5, 5.41) is 21.1. The topological polar surface area (TPSA) is 173 Å². The first-order valence-corrected chi connectivity index (χ1v) is 13.8. The van der Waals surface area contributed by atoms with Gasteiger partial charge in [-0.2, -0.15) is 0 Å². The highest BCUT2D eigenvalue weighted by atomic mass is 16.7. The van der Waals surface area contributed by atoms with Gasteiger partial charge in [0.05, 0.1) is 12.2 Å². The Labute approximate surface area is 234 Å². The molecule has 0 amide bonds. The number of ether oxygens (including phenoxy) is 7. The molecule has 2 saturated heterocycles. The smallest absolute Gasteiger partial charge is 0.306 e. The molecule has 0 aromatic heterocycles. The number of carbonyl (C=O) groups is 4. The van der Waals surface area contributed by atoms with Crippen LogP contribution in [0.2, 0.25) is 0 Å². The summed E-state index contributed by atoms with van der Waals surface area (Å²) in [5.74, 6) is -2.68. The van der Waals surface area contributed by atoms with Gasteiger partial charge in [0.2, 0.25) is 0 Å². The van der Waals surface area contributed by atoms with Crippen LogP contribution < -0.4 is 0 Å². The van der Waals surface area contributed by atoms with Crippen molar-refractivity contribution in [3.63, 3.8) is 0 Å². The molecular weight excluding hydrogens is 532 g/mol. The van der Waals surface area contributed by atoms with Crippen LogP contribution in [-0.2, 0) is 52.3 Å². The summed E-state index contributed by atoms with van der Waals surface area (Å²) in [6.45, 7) is 11.0. The molecule has 13 heteroatoms. The maximum Gasteiger partial charge on any atom is 0.306 e. The van der Waals surface area contributed by atoms with Crippen LogP contribution in [0.1, 0.15) is 80.6 Å². The van der Waals surface area contributed by atoms with Gasteiger partial charge in [-0.1, -0.05) is 33.6 Å². The first kappa shape index (κ1) is 33.9. The molecule has 2 heterocycles. The molecular formula is C27H44O13.